The number of carbonyl (C=O) groups excluding carboxylic acids is 2. The van der Waals surface area contributed by atoms with Gasteiger partial charge in [0.05, 0.1) is 17.5 Å². The first-order valence-corrected chi connectivity index (χ1v) is 10.9. The lowest BCUT2D eigenvalue weighted by Crippen LogP contribution is -2.55. The second-order valence-corrected chi connectivity index (χ2v) is 9.08. The molecule has 1 unspecified atom stereocenters. The molecule has 0 bridgehead atoms. The zero-order chi connectivity index (χ0) is 24.4. The lowest BCUT2D eigenvalue weighted by Gasteiger charge is -2.39. The first-order valence-electron chi connectivity index (χ1n) is 10.9. The summed E-state index contributed by atoms with van der Waals surface area (Å²) in [6.45, 7) is 1.76. The van der Waals surface area contributed by atoms with Gasteiger partial charge in [0.1, 0.15) is 11.7 Å². The van der Waals surface area contributed by atoms with Gasteiger partial charge in [-0.2, -0.15) is 27.9 Å². The van der Waals surface area contributed by atoms with Gasteiger partial charge in [0.2, 0.25) is 11.9 Å². The van der Waals surface area contributed by atoms with Crippen LogP contribution in [0.25, 0.3) is 0 Å². The molecule has 2 aromatic rings. The highest BCUT2D eigenvalue weighted by Crippen LogP contribution is 2.47. The minimum atomic E-state index is -4.65. The van der Waals surface area contributed by atoms with Crippen molar-refractivity contribution in [3.05, 3.63) is 23.7 Å². The van der Waals surface area contributed by atoms with Crippen LogP contribution in [-0.2, 0) is 15.7 Å². The molecule has 13 heteroatoms. The highest BCUT2D eigenvalue weighted by molar-refractivity contribution is 6.04. The molecular formula is C21H24F3N7O3. The topological polar surface area (TPSA) is 114 Å². The number of carbonyl (C=O) groups is 2. The Bertz CT molecular complexity index is 1150. The summed E-state index contributed by atoms with van der Waals surface area (Å²) >= 11 is 0. The van der Waals surface area contributed by atoms with Crippen LogP contribution < -0.4 is 15.5 Å². The summed E-state index contributed by atoms with van der Waals surface area (Å²) in [5, 5.41) is 9.61. The van der Waals surface area contributed by atoms with E-state index in [1.54, 1.807) is 26.0 Å². The Morgan fingerprint density at radius 1 is 1.29 bits per heavy atom. The van der Waals surface area contributed by atoms with Crippen molar-refractivity contribution in [1.82, 2.24) is 19.7 Å². The van der Waals surface area contributed by atoms with E-state index >= 15 is 0 Å². The second-order valence-electron chi connectivity index (χ2n) is 9.08. The van der Waals surface area contributed by atoms with Gasteiger partial charge in [-0.25, -0.2) is 4.98 Å². The zero-order valence-electron chi connectivity index (χ0n) is 18.8. The van der Waals surface area contributed by atoms with Crippen molar-refractivity contribution in [3.8, 4) is 0 Å². The van der Waals surface area contributed by atoms with Crippen LogP contribution >= 0.6 is 0 Å². The fourth-order valence-corrected chi connectivity index (χ4v) is 4.80. The number of alkyl halides is 3. The number of amides is 1. The summed E-state index contributed by atoms with van der Waals surface area (Å²) in [5.41, 5.74) is -0.508. The molecule has 0 radical (unpaired) electrons. The molecule has 0 aromatic carbocycles. The molecule has 3 heterocycles. The molecule has 1 aliphatic heterocycles. The fourth-order valence-electron chi connectivity index (χ4n) is 4.80. The number of nitrogens with one attached hydrogen (secondary N) is 2. The van der Waals surface area contributed by atoms with E-state index in [9.17, 15) is 22.8 Å². The van der Waals surface area contributed by atoms with Crippen LogP contribution in [0.3, 0.4) is 0 Å². The fraction of sp³-hybridized carbons (Fsp3) is 0.571. The lowest BCUT2D eigenvalue weighted by molar-refractivity contribution is -0.143. The molecular weight excluding hydrogens is 455 g/mol. The van der Waals surface area contributed by atoms with Crippen molar-refractivity contribution >= 4 is 29.3 Å². The number of aromatic nitrogens is 4. The minimum Gasteiger partial charge on any atom is -0.376 e. The first-order chi connectivity index (χ1) is 16.0. The number of hydrogen-bond donors (Lipinski definition) is 2. The van der Waals surface area contributed by atoms with Crippen LogP contribution in [0.1, 0.15) is 41.9 Å². The molecule has 2 aromatic heterocycles. The van der Waals surface area contributed by atoms with E-state index in [4.69, 9.17) is 4.74 Å². The van der Waals surface area contributed by atoms with Crippen LogP contribution in [0.2, 0.25) is 0 Å². The second kappa shape index (κ2) is 7.65. The van der Waals surface area contributed by atoms with Crippen molar-refractivity contribution in [2.24, 2.45) is 5.92 Å². The van der Waals surface area contributed by atoms with Crippen LogP contribution in [-0.4, -0.2) is 63.4 Å². The SMILES string of the molecule is COC1(C2C(=O)Nc3c(C)nc(NC4CC(C(=O)n5nccc5C(F)(F)F)C4)nc3N2C)CC1. The summed E-state index contributed by atoms with van der Waals surface area (Å²) in [5.74, 6) is -0.552. The molecule has 1 amide bonds. The van der Waals surface area contributed by atoms with Gasteiger partial charge in [0, 0.05) is 26.1 Å². The minimum absolute atomic E-state index is 0.168. The molecule has 5 rings (SSSR count). The summed E-state index contributed by atoms with van der Waals surface area (Å²) in [4.78, 5) is 36.1. The van der Waals surface area contributed by atoms with Crippen molar-refractivity contribution < 1.29 is 27.5 Å². The summed E-state index contributed by atoms with van der Waals surface area (Å²) in [6, 6.07) is 0.0903. The maximum atomic E-state index is 13.1. The highest BCUT2D eigenvalue weighted by Gasteiger charge is 2.57. The highest BCUT2D eigenvalue weighted by atomic mass is 19.4. The van der Waals surface area contributed by atoms with E-state index in [-0.39, 0.29) is 11.9 Å². The Hall–Kier alpha value is -3.22. The largest absolute Gasteiger partial charge is 0.433 e. The van der Waals surface area contributed by atoms with Crippen LogP contribution in [0.5, 0.6) is 0 Å². The predicted octanol–water partition coefficient (Wildman–Crippen LogP) is 2.47. The Balaban J connectivity index is 1.29. The molecule has 2 saturated carbocycles. The zero-order valence-corrected chi connectivity index (χ0v) is 18.8. The number of aryl methyl sites for hydroxylation is 1. The molecule has 10 nitrogen and oxygen atoms in total. The van der Waals surface area contributed by atoms with Crippen molar-refractivity contribution in [3.63, 3.8) is 0 Å². The average molecular weight is 479 g/mol. The summed E-state index contributed by atoms with van der Waals surface area (Å²) in [7, 11) is 3.38. The number of hydrogen-bond acceptors (Lipinski definition) is 8. The Morgan fingerprint density at radius 3 is 2.62 bits per heavy atom. The van der Waals surface area contributed by atoms with E-state index < -0.39 is 35.3 Å². The Morgan fingerprint density at radius 2 is 2.00 bits per heavy atom. The van der Waals surface area contributed by atoms with E-state index in [0.717, 1.165) is 25.1 Å². The predicted molar refractivity (Wildman–Crippen MR) is 115 cm³/mol. The van der Waals surface area contributed by atoms with Crippen LogP contribution in [0.4, 0.5) is 30.6 Å². The molecule has 34 heavy (non-hydrogen) atoms. The summed E-state index contributed by atoms with van der Waals surface area (Å²) < 4.78 is 45.3. The van der Waals surface area contributed by atoms with E-state index in [1.807, 2.05) is 0 Å². The van der Waals surface area contributed by atoms with Gasteiger partial charge in [-0.1, -0.05) is 0 Å². The lowest BCUT2D eigenvalue weighted by atomic mass is 9.79. The van der Waals surface area contributed by atoms with Gasteiger partial charge in [-0.3, -0.25) is 9.59 Å². The van der Waals surface area contributed by atoms with Crippen LogP contribution in [0.15, 0.2) is 12.3 Å². The number of ether oxygens (including phenoxy) is 1. The van der Waals surface area contributed by atoms with Gasteiger partial charge < -0.3 is 20.3 Å². The number of halogens is 3. The number of fused-ring (bicyclic) bond motifs is 1. The maximum Gasteiger partial charge on any atom is 0.433 e. The van der Waals surface area contributed by atoms with Gasteiger partial charge in [0.25, 0.3) is 5.91 Å². The van der Waals surface area contributed by atoms with Crippen molar-refractivity contribution in [2.75, 3.05) is 29.7 Å². The first kappa shape index (κ1) is 22.6. The Labute approximate surface area is 192 Å². The number of likely N-dealkylation sites (N-methyl/N-ethyl adjacent to an activating group) is 1. The molecule has 2 fully saturated rings. The van der Waals surface area contributed by atoms with Gasteiger partial charge >= 0.3 is 6.18 Å². The maximum absolute atomic E-state index is 13.1. The normalized spacial score (nSPS) is 25.3. The molecule has 0 saturated heterocycles. The van der Waals surface area contributed by atoms with E-state index in [0.29, 0.717) is 40.7 Å². The van der Waals surface area contributed by atoms with Gasteiger partial charge in [0.15, 0.2) is 11.5 Å². The van der Waals surface area contributed by atoms with Gasteiger partial charge in [-0.05, 0) is 38.7 Å². The molecule has 0 spiro atoms. The third-order valence-corrected chi connectivity index (χ3v) is 6.90. The monoisotopic (exact) mass is 479 g/mol. The number of anilines is 3. The molecule has 2 aliphatic carbocycles. The number of nitrogens with zero attached hydrogens (tertiary/aromatic N) is 5. The summed E-state index contributed by atoms with van der Waals surface area (Å²) in [6.07, 6.45) is -1.46. The number of methoxy groups -OCH3 is 1. The smallest absolute Gasteiger partial charge is 0.376 e. The third-order valence-electron chi connectivity index (χ3n) is 6.90. The van der Waals surface area contributed by atoms with E-state index in [1.165, 1.54) is 0 Å². The number of rotatable bonds is 5. The standard InChI is InChI=1S/C21H24F3N7O3/c1-10-14-16(30(2)15(17(32)28-14)20(34-3)5-6-20)29-19(26-10)27-12-8-11(9-12)18(33)31-13(4-7-25-31)21(22,23)24/h4,7,11-12,15H,5-6,8-9H2,1-3H3,(H,28,32)(H,26,27,29). The van der Waals surface area contributed by atoms with Crippen molar-refractivity contribution in [2.45, 2.75) is 56.5 Å². The average Bonchev–Trinajstić information content (AvgIpc) is 3.34. The van der Waals surface area contributed by atoms with Gasteiger partial charge in [-0.15, -0.1) is 0 Å². The molecule has 2 N–H and O–H groups in total. The van der Waals surface area contributed by atoms with Crippen molar-refractivity contribution in [1.29, 1.82) is 0 Å². The van der Waals surface area contributed by atoms with Crippen LogP contribution in [0, 0.1) is 12.8 Å². The van der Waals surface area contributed by atoms with E-state index in [2.05, 4.69) is 25.7 Å². The Kier molecular flexibility index (Phi) is 5.08. The molecule has 3 aliphatic rings. The quantitative estimate of drug-likeness (QED) is 0.672. The third kappa shape index (κ3) is 3.58. The molecule has 182 valence electrons. The molecule has 1 atom stereocenters.